The molecule has 0 N–H and O–H groups in total. The minimum absolute atomic E-state index is 0.320. The lowest BCUT2D eigenvalue weighted by atomic mass is 10.3. The molecule has 0 saturated heterocycles. The lowest BCUT2D eigenvalue weighted by Gasteiger charge is -2.11. The zero-order chi connectivity index (χ0) is 14.3. The van der Waals surface area contributed by atoms with Crippen LogP contribution in [0.4, 0.5) is 4.39 Å². The number of pyridine rings is 1. The lowest BCUT2D eigenvalue weighted by Crippen LogP contribution is -2.04. The van der Waals surface area contributed by atoms with Crippen molar-refractivity contribution in [3.05, 3.63) is 52.6 Å². The Kier molecular flexibility index (Phi) is 3.48. The second-order valence-corrected chi connectivity index (χ2v) is 5.87. The van der Waals surface area contributed by atoms with E-state index in [2.05, 4.69) is 25.9 Å². The molecule has 0 aliphatic rings. The van der Waals surface area contributed by atoms with E-state index in [-0.39, 0.29) is 11.2 Å². The summed E-state index contributed by atoms with van der Waals surface area (Å²) >= 11 is 9.64. The largest absolute Gasteiger partial charge is 0.278 e. The highest BCUT2D eigenvalue weighted by molar-refractivity contribution is 9.10. The van der Waals surface area contributed by atoms with E-state index in [4.69, 9.17) is 11.6 Å². The van der Waals surface area contributed by atoms with Crippen LogP contribution in [0.1, 0.15) is 18.1 Å². The van der Waals surface area contributed by atoms with Crippen LogP contribution >= 0.6 is 27.5 Å². The highest BCUT2D eigenvalue weighted by Gasteiger charge is 2.19. The van der Waals surface area contributed by atoms with Gasteiger partial charge < -0.3 is 0 Å². The van der Waals surface area contributed by atoms with Crippen molar-refractivity contribution in [2.75, 3.05) is 0 Å². The van der Waals surface area contributed by atoms with Gasteiger partial charge in [0, 0.05) is 10.7 Å². The smallest absolute Gasteiger partial charge is 0.164 e. The molecule has 1 atom stereocenters. The molecule has 6 heteroatoms. The number of aromatic nitrogens is 3. The molecule has 0 amide bonds. The zero-order valence-electron chi connectivity index (χ0n) is 10.5. The van der Waals surface area contributed by atoms with Crippen molar-refractivity contribution in [1.29, 1.82) is 0 Å². The van der Waals surface area contributed by atoms with Gasteiger partial charge in [0.05, 0.1) is 11.1 Å². The minimum atomic E-state index is -0.325. The van der Waals surface area contributed by atoms with E-state index in [0.29, 0.717) is 17.2 Å². The van der Waals surface area contributed by atoms with Gasteiger partial charge >= 0.3 is 0 Å². The molecule has 20 heavy (non-hydrogen) atoms. The van der Waals surface area contributed by atoms with Crippen LogP contribution in [0.2, 0.25) is 0 Å². The van der Waals surface area contributed by atoms with Crippen LogP contribution in [0.5, 0.6) is 0 Å². The van der Waals surface area contributed by atoms with Crippen LogP contribution in [0.3, 0.4) is 0 Å². The molecule has 3 nitrogen and oxygen atoms in total. The van der Waals surface area contributed by atoms with Gasteiger partial charge in [-0.1, -0.05) is 0 Å². The van der Waals surface area contributed by atoms with E-state index in [0.717, 1.165) is 9.99 Å². The normalized spacial score (nSPS) is 12.8. The first kappa shape index (κ1) is 13.5. The van der Waals surface area contributed by atoms with E-state index in [1.54, 1.807) is 16.8 Å². The second kappa shape index (κ2) is 5.14. The Balaban J connectivity index is 2.39. The molecule has 1 aromatic carbocycles. The van der Waals surface area contributed by atoms with Crippen molar-refractivity contribution in [2.24, 2.45) is 0 Å². The fourth-order valence-corrected chi connectivity index (χ4v) is 2.66. The van der Waals surface area contributed by atoms with E-state index >= 15 is 0 Å². The topological polar surface area (TPSA) is 30.7 Å². The van der Waals surface area contributed by atoms with Crippen LogP contribution in [-0.4, -0.2) is 14.5 Å². The lowest BCUT2D eigenvalue weighted by molar-refractivity contribution is 0.626. The highest BCUT2D eigenvalue weighted by Crippen LogP contribution is 2.31. The summed E-state index contributed by atoms with van der Waals surface area (Å²) in [5.41, 5.74) is 2.01. The van der Waals surface area contributed by atoms with Crippen LogP contribution in [0.25, 0.3) is 16.9 Å². The first-order valence-corrected chi connectivity index (χ1v) is 7.23. The maximum absolute atomic E-state index is 13.6. The van der Waals surface area contributed by atoms with Gasteiger partial charge in [-0.25, -0.2) is 14.4 Å². The number of nitrogens with zero attached hydrogens (tertiary/aromatic N) is 3. The van der Waals surface area contributed by atoms with Crippen molar-refractivity contribution >= 4 is 38.7 Å². The third-order valence-corrected chi connectivity index (χ3v) is 3.81. The number of imidazole rings is 1. The van der Waals surface area contributed by atoms with Gasteiger partial charge in [0.1, 0.15) is 17.2 Å². The fourth-order valence-electron chi connectivity index (χ4n) is 2.09. The Morgan fingerprint density at radius 3 is 2.90 bits per heavy atom. The number of hydrogen-bond donors (Lipinski definition) is 0. The molecule has 1 unspecified atom stereocenters. The summed E-state index contributed by atoms with van der Waals surface area (Å²) < 4.78 is 16.1. The molecular formula is C14H10BrClFN3. The average Bonchev–Trinajstić information content (AvgIpc) is 2.81. The summed E-state index contributed by atoms with van der Waals surface area (Å²) in [6.45, 7) is 1.83. The van der Waals surface area contributed by atoms with E-state index in [9.17, 15) is 4.39 Å². The summed E-state index contributed by atoms with van der Waals surface area (Å²) in [5.74, 6) is 0.306. The van der Waals surface area contributed by atoms with Gasteiger partial charge in [0.15, 0.2) is 5.65 Å². The van der Waals surface area contributed by atoms with Crippen molar-refractivity contribution in [2.45, 2.75) is 12.3 Å². The van der Waals surface area contributed by atoms with Crippen molar-refractivity contribution in [1.82, 2.24) is 14.5 Å². The summed E-state index contributed by atoms with van der Waals surface area (Å²) in [6.07, 6.45) is 1.68. The molecule has 0 aliphatic heterocycles. The summed E-state index contributed by atoms with van der Waals surface area (Å²) in [6, 6.07) is 8.15. The van der Waals surface area contributed by atoms with Gasteiger partial charge in [-0.3, -0.25) is 4.57 Å². The van der Waals surface area contributed by atoms with Gasteiger partial charge in [0.2, 0.25) is 0 Å². The molecule has 2 aromatic heterocycles. The molecule has 3 rings (SSSR count). The molecule has 0 saturated carbocycles. The van der Waals surface area contributed by atoms with Crippen molar-refractivity contribution in [3.63, 3.8) is 0 Å². The van der Waals surface area contributed by atoms with Gasteiger partial charge in [-0.2, -0.15) is 0 Å². The zero-order valence-corrected chi connectivity index (χ0v) is 12.9. The van der Waals surface area contributed by atoms with E-state index < -0.39 is 0 Å². The first-order valence-electron chi connectivity index (χ1n) is 6.01. The molecular weight excluding hydrogens is 345 g/mol. The van der Waals surface area contributed by atoms with E-state index in [1.165, 1.54) is 12.1 Å². The molecule has 0 bridgehead atoms. The Morgan fingerprint density at radius 2 is 2.15 bits per heavy atom. The SMILES string of the molecule is CC(Cl)c1nc2cccnc2n1-c1cc(F)ccc1Br. The predicted molar refractivity (Wildman–Crippen MR) is 80.8 cm³/mol. The highest BCUT2D eigenvalue weighted by atomic mass is 79.9. The maximum Gasteiger partial charge on any atom is 0.164 e. The van der Waals surface area contributed by atoms with Gasteiger partial charge in [0.25, 0.3) is 0 Å². The molecule has 0 fully saturated rings. The Labute approximate surface area is 128 Å². The van der Waals surface area contributed by atoms with E-state index in [1.807, 2.05) is 19.1 Å². The molecule has 0 radical (unpaired) electrons. The minimum Gasteiger partial charge on any atom is -0.278 e. The number of rotatable bonds is 2. The van der Waals surface area contributed by atoms with Crippen LogP contribution in [0.15, 0.2) is 41.0 Å². The third-order valence-electron chi connectivity index (χ3n) is 2.95. The quantitative estimate of drug-likeness (QED) is 0.629. The average molecular weight is 355 g/mol. The summed E-state index contributed by atoms with van der Waals surface area (Å²) in [5, 5.41) is -0.320. The Morgan fingerprint density at radius 1 is 1.35 bits per heavy atom. The predicted octanol–water partition coefficient (Wildman–Crippen LogP) is 4.62. The summed E-state index contributed by atoms with van der Waals surface area (Å²) in [7, 11) is 0. The first-order chi connectivity index (χ1) is 9.58. The Bertz CT molecular complexity index is 785. The van der Waals surface area contributed by atoms with Crippen LogP contribution in [-0.2, 0) is 0 Å². The molecule has 0 spiro atoms. The number of benzene rings is 1. The maximum atomic E-state index is 13.6. The van der Waals surface area contributed by atoms with Gasteiger partial charge in [-0.15, -0.1) is 11.6 Å². The van der Waals surface area contributed by atoms with Crippen molar-refractivity contribution < 1.29 is 4.39 Å². The second-order valence-electron chi connectivity index (χ2n) is 4.36. The number of halogens is 3. The van der Waals surface area contributed by atoms with Crippen LogP contribution < -0.4 is 0 Å². The molecule has 102 valence electrons. The van der Waals surface area contributed by atoms with Crippen LogP contribution in [0, 0.1) is 5.82 Å². The molecule has 2 heterocycles. The van der Waals surface area contributed by atoms with Crippen molar-refractivity contribution in [3.8, 4) is 5.69 Å². The monoisotopic (exact) mass is 353 g/mol. The number of fused-ring (bicyclic) bond motifs is 1. The summed E-state index contributed by atoms with van der Waals surface area (Å²) in [4.78, 5) is 8.81. The Hall–Kier alpha value is -1.46. The number of alkyl halides is 1. The molecule has 0 aliphatic carbocycles. The standard InChI is InChI=1S/C14H10BrClFN3/c1-8(16)13-19-11-3-2-6-18-14(11)20(13)12-7-9(17)4-5-10(12)15/h2-8H,1H3. The third kappa shape index (κ3) is 2.21. The fraction of sp³-hybridized carbons (Fsp3) is 0.143. The van der Waals surface area contributed by atoms with Gasteiger partial charge in [-0.05, 0) is 53.2 Å². The number of hydrogen-bond acceptors (Lipinski definition) is 2. The molecule has 3 aromatic rings.